The largest absolute Gasteiger partial charge is 0.497 e. The van der Waals surface area contributed by atoms with Gasteiger partial charge in [-0.25, -0.2) is 4.79 Å². The minimum atomic E-state index is -0.486. The van der Waals surface area contributed by atoms with E-state index in [0.29, 0.717) is 51.0 Å². The Bertz CT molecular complexity index is 1470. The molecule has 2 N–H and O–H groups in total. The first-order chi connectivity index (χ1) is 17.9. The Hall–Kier alpha value is -4.50. The molecule has 8 nitrogen and oxygen atoms in total. The van der Waals surface area contributed by atoms with Crippen molar-refractivity contribution in [3.05, 3.63) is 98.0 Å². The number of carbonyl (C=O) groups excluding carboxylic acids is 1. The van der Waals surface area contributed by atoms with Crippen LogP contribution in [-0.2, 0) is 16.0 Å². The van der Waals surface area contributed by atoms with Crippen LogP contribution in [0, 0.1) is 0 Å². The number of benzene rings is 3. The van der Waals surface area contributed by atoms with Gasteiger partial charge >= 0.3 is 10.8 Å². The number of aromatic nitrogens is 1. The highest BCUT2D eigenvalue weighted by Gasteiger charge is 2.15. The van der Waals surface area contributed by atoms with Crippen molar-refractivity contribution in [2.24, 2.45) is 0 Å². The van der Waals surface area contributed by atoms with E-state index in [1.165, 1.54) is 7.11 Å². The second kappa shape index (κ2) is 11.5. The van der Waals surface area contributed by atoms with Crippen molar-refractivity contribution in [1.82, 2.24) is 4.98 Å². The van der Waals surface area contributed by atoms with Gasteiger partial charge in [-0.1, -0.05) is 35.6 Å². The third kappa shape index (κ3) is 6.20. The van der Waals surface area contributed by atoms with E-state index >= 15 is 0 Å². The summed E-state index contributed by atoms with van der Waals surface area (Å²) in [5, 5.41) is 9.77. The number of methoxy groups -OCH3 is 3. The van der Waals surface area contributed by atoms with Gasteiger partial charge < -0.3 is 24.1 Å². The van der Waals surface area contributed by atoms with Crippen molar-refractivity contribution in [2.45, 2.75) is 6.42 Å². The third-order valence-corrected chi connectivity index (χ3v) is 6.41. The fraction of sp³-hybridized carbons (Fsp3) is 0.143. The first kappa shape index (κ1) is 25.6. The molecule has 0 saturated heterocycles. The smallest absolute Gasteiger partial charge is 0.338 e. The van der Waals surface area contributed by atoms with Crippen LogP contribution in [0.15, 0.2) is 71.5 Å². The van der Waals surface area contributed by atoms with Gasteiger partial charge in [0.15, 0.2) is 0 Å². The summed E-state index contributed by atoms with van der Waals surface area (Å²) in [4.78, 5) is 26.6. The fourth-order valence-electron chi connectivity index (χ4n) is 3.63. The lowest BCUT2D eigenvalue weighted by Crippen LogP contribution is -2.04. The average Bonchev–Trinajstić information content (AvgIpc) is 3.24. The number of H-pyrrole nitrogens is 1. The van der Waals surface area contributed by atoms with Crippen LogP contribution in [-0.4, -0.2) is 37.4 Å². The second-order valence-electron chi connectivity index (χ2n) is 7.89. The third-order valence-electron chi connectivity index (χ3n) is 5.54. The Balaban J connectivity index is 1.51. The molecule has 0 fully saturated rings. The van der Waals surface area contributed by atoms with Crippen molar-refractivity contribution in [1.29, 1.82) is 0 Å². The number of nitrogens with one attached hydrogen (secondary N) is 1. The average molecular weight is 520 g/mol. The molecule has 4 aromatic rings. The highest BCUT2D eigenvalue weighted by atomic mass is 32.1. The number of rotatable bonds is 9. The van der Waals surface area contributed by atoms with E-state index in [0.717, 1.165) is 16.9 Å². The van der Waals surface area contributed by atoms with Crippen LogP contribution < -0.4 is 19.1 Å². The molecule has 0 saturated carbocycles. The quantitative estimate of drug-likeness (QED) is 0.177. The summed E-state index contributed by atoms with van der Waals surface area (Å²) < 4.78 is 21.6. The molecule has 0 amide bonds. The first-order valence-corrected chi connectivity index (χ1v) is 12.0. The van der Waals surface area contributed by atoms with Crippen molar-refractivity contribution in [3.8, 4) is 28.9 Å². The van der Waals surface area contributed by atoms with Crippen LogP contribution >= 0.6 is 11.3 Å². The minimum Gasteiger partial charge on any atom is -0.497 e. The van der Waals surface area contributed by atoms with Gasteiger partial charge in [0.1, 0.15) is 23.0 Å². The molecule has 1 heterocycles. The molecule has 37 heavy (non-hydrogen) atoms. The maximum absolute atomic E-state index is 12.6. The maximum Gasteiger partial charge on any atom is 0.338 e. The van der Waals surface area contributed by atoms with E-state index in [1.54, 1.807) is 62.8 Å². The lowest BCUT2D eigenvalue weighted by molar-refractivity contribution is -0.133. The molecule has 0 atom stereocenters. The van der Waals surface area contributed by atoms with Crippen molar-refractivity contribution in [2.75, 3.05) is 21.3 Å². The zero-order chi connectivity index (χ0) is 26.4. The Kier molecular flexibility index (Phi) is 7.95. The van der Waals surface area contributed by atoms with Gasteiger partial charge in [-0.05, 0) is 53.6 Å². The SMILES string of the molecule is COC(=O)C(=Cc1ccc(OC)cc1OC)c1ccc(Oc2ccc(Cc3sc(=O)[nH]c3O)cc2)cc1. The standard InChI is InChI=1S/C28H25NO7S/c1-33-22-13-8-19(24(16-22)34-2)15-23(27(31)35-3)18-6-11-21(12-7-18)36-20-9-4-17(5-10-20)14-25-26(30)29-28(32)37-25/h4-13,15-16,30H,14H2,1-3H3,(H,29,32). The summed E-state index contributed by atoms with van der Waals surface area (Å²) in [7, 11) is 4.46. The van der Waals surface area contributed by atoms with E-state index < -0.39 is 5.97 Å². The van der Waals surface area contributed by atoms with Gasteiger partial charge in [0.2, 0.25) is 5.88 Å². The summed E-state index contributed by atoms with van der Waals surface area (Å²) in [6.07, 6.45) is 2.14. The number of aromatic hydroxyl groups is 1. The molecule has 0 radical (unpaired) electrons. The molecular formula is C28H25NO7S. The molecule has 0 aliphatic carbocycles. The molecule has 0 bridgehead atoms. The maximum atomic E-state index is 12.6. The van der Waals surface area contributed by atoms with Crippen LogP contribution in [0.5, 0.6) is 28.9 Å². The van der Waals surface area contributed by atoms with E-state index in [2.05, 4.69) is 4.98 Å². The van der Waals surface area contributed by atoms with Gasteiger partial charge in [0.05, 0.1) is 31.8 Å². The number of esters is 1. The van der Waals surface area contributed by atoms with Crippen molar-refractivity contribution >= 4 is 29.0 Å². The van der Waals surface area contributed by atoms with Gasteiger partial charge in [-0.15, -0.1) is 0 Å². The monoisotopic (exact) mass is 519 g/mol. The number of hydrogen-bond acceptors (Lipinski definition) is 8. The second-order valence-corrected chi connectivity index (χ2v) is 8.96. The zero-order valence-electron chi connectivity index (χ0n) is 20.4. The Morgan fingerprint density at radius 2 is 1.57 bits per heavy atom. The Morgan fingerprint density at radius 1 is 0.919 bits per heavy atom. The van der Waals surface area contributed by atoms with Crippen molar-refractivity contribution in [3.63, 3.8) is 0 Å². The van der Waals surface area contributed by atoms with Crippen LogP contribution in [0.3, 0.4) is 0 Å². The summed E-state index contributed by atoms with van der Waals surface area (Å²) in [6, 6.07) is 19.8. The summed E-state index contributed by atoms with van der Waals surface area (Å²) in [5.41, 5.74) is 2.63. The molecule has 9 heteroatoms. The fourth-order valence-corrected chi connectivity index (χ4v) is 4.39. The van der Waals surface area contributed by atoms with Gasteiger partial charge in [0, 0.05) is 18.1 Å². The summed E-state index contributed by atoms with van der Waals surface area (Å²) in [6.45, 7) is 0. The number of carbonyl (C=O) groups is 1. The lowest BCUT2D eigenvalue weighted by Gasteiger charge is -2.11. The first-order valence-electron chi connectivity index (χ1n) is 11.2. The molecule has 0 aliphatic heterocycles. The number of thiazole rings is 1. The summed E-state index contributed by atoms with van der Waals surface area (Å²) in [5.74, 6) is 1.83. The highest BCUT2D eigenvalue weighted by molar-refractivity contribution is 7.09. The van der Waals surface area contributed by atoms with E-state index in [-0.39, 0.29) is 10.8 Å². The predicted octanol–water partition coefficient (Wildman–Crippen LogP) is 5.26. The van der Waals surface area contributed by atoms with Crippen LogP contribution in [0.2, 0.25) is 0 Å². The van der Waals surface area contributed by atoms with Crippen molar-refractivity contribution < 1.29 is 28.8 Å². The Morgan fingerprint density at radius 3 is 2.14 bits per heavy atom. The van der Waals surface area contributed by atoms with Crippen LogP contribution in [0.1, 0.15) is 21.6 Å². The molecule has 4 rings (SSSR count). The van der Waals surface area contributed by atoms with Gasteiger partial charge in [-0.2, -0.15) is 0 Å². The molecule has 0 aliphatic rings. The van der Waals surface area contributed by atoms with E-state index in [9.17, 15) is 14.7 Å². The number of ether oxygens (including phenoxy) is 4. The highest BCUT2D eigenvalue weighted by Crippen LogP contribution is 2.31. The molecular weight excluding hydrogens is 494 g/mol. The molecule has 190 valence electrons. The van der Waals surface area contributed by atoms with Gasteiger partial charge in [-0.3, -0.25) is 9.78 Å². The van der Waals surface area contributed by atoms with Crippen LogP contribution in [0.4, 0.5) is 0 Å². The lowest BCUT2D eigenvalue weighted by atomic mass is 10.0. The summed E-state index contributed by atoms with van der Waals surface area (Å²) >= 11 is 0.985. The Labute approximate surface area is 217 Å². The molecule has 1 aromatic heterocycles. The normalized spacial score (nSPS) is 11.2. The molecule has 3 aromatic carbocycles. The molecule has 0 unspecified atom stereocenters. The predicted molar refractivity (Wildman–Crippen MR) is 142 cm³/mol. The topological polar surface area (TPSA) is 107 Å². The number of hydrogen-bond donors (Lipinski definition) is 2. The minimum absolute atomic E-state index is 0.0961. The van der Waals surface area contributed by atoms with Gasteiger partial charge in [0.25, 0.3) is 0 Å². The number of aromatic amines is 1. The van der Waals surface area contributed by atoms with E-state index in [1.807, 2.05) is 24.3 Å². The van der Waals surface area contributed by atoms with Crippen LogP contribution in [0.25, 0.3) is 11.6 Å². The van der Waals surface area contributed by atoms with E-state index in [4.69, 9.17) is 18.9 Å². The zero-order valence-corrected chi connectivity index (χ0v) is 21.3. The molecule has 0 spiro atoms.